The number of anilines is 12. The van der Waals surface area contributed by atoms with Crippen LogP contribution in [0.15, 0.2) is 328 Å². The van der Waals surface area contributed by atoms with E-state index in [0.717, 1.165) is 79.4 Å². The van der Waals surface area contributed by atoms with Crippen molar-refractivity contribution in [3.63, 3.8) is 0 Å². The molecule has 0 aliphatic heterocycles. The second kappa shape index (κ2) is 21.9. The molecule has 0 atom stereocenters. The minimum Gasteiger partial charge on any atom is -0.310 e. The Morgan fingerprint density at radius 3 is 0.605 bits per heavy atom. The van der Waals surface area contributed by atoms with Crippen molar-refractivity contribution < 1.29 is 0 Å². The number of hydrogen-bond acceptors (Lipinski definition) is 4. The van der Waals surface area contributed by atoms with Crippen LogP contribution in [-0.2, 0) is 0 Å². The van der Waals surface area contributed by atoms with Gasteiger partial charge in [0.15, 0.2) is 0 Å². The summed E-state index contributed by atoms with van der Waals surface area (Å²) in [6.07, 6.45) is 0. The SMILES string of the molecule is c1ccc(-c2ccc(N(c3ccccc3)c3ccc(-c4ccc(N(c5ccccc5)c5ccc(-c6ccccc6)cc5)cc4N(c4ccccc4)c4ccccc4)c(N(c4ccccc4)c4ccccc4)c3)cc2)cc1. The topological polar surface area (TPSA) is 13.0 Å². The standard InChI is InChI=1S/C72H54N4/c1-9-25-55(26-10-1)57-41-45-65(46-42-57)73(59-29-13-3-14-30-59)67-49-51-69(71(53-67)75(61-33-17-5-18-34-61)62-35-19-6-20-36-62)70-52-50-68(54-72(70)76(63-37-21-7-22-38-63)64-39-23-8-24-40-64)74(60-31-15-4-16-32-60)66-47-43-58(44-48-66)56-27-11-2-12-28-56/h1-54H. The fourth-order valence-electron chi connectivity index (χ4n) is 10.2. The normalized spacial score (nSPS) is 10.9. The molecule has 4 heteroatoms. The van der Waals surface area contributed by atoms with Crippen molar-refractivity contribution in [3.05, 3.63) is 328 Å². The van der Waals surface area contributed by atoms with E-state index in [1.165, 1.54) is 22.3 Å². The molecule has 76 heavy (non-hydrogen) atoms. The second-order valence-corrected chi connectivity index (χ2v) is 18.6. The average molecular weight is 975 g/mol. The van der Waals surface area contributed by atoms with Gasteiger partial charge in [-0.05, 0) is 144 Å². The largest absolute Gasteiger partial charge is 0.310 e. The minimum absolute atomic E-state index is 1.02. The molecule has 12 aromatic rings. The molecule has 0 unspecified atom stereocenters. The van der Waals surface area contributed by atoms with Gasteiger partial charge < -0.3 is 19.6 Å². The zero-order chi connectivity index (χ0) is 50.9. The Hall–Kier alpha value is -10.2. The quantitative estimate of drug-likeness (QED) is 0.101. The maximum absolute atomic E-state index is 2.40. The van der Waals surface area contributed by atoms with E-state index in [0.29, 0.717) is 0 Å². The van der Waals surface area contributed by atoms with Crippen molar-refractivity contribution in [2.75, 3.05) is 19.6 Å². The number of benzene rings is 12. The third-order valence-electron chi connectivity index (χ3n) is 13.8. The van der Waals surface area contributed by atoms with E-state index in [-0.39, 0.29) is 0 Å². The third kappa shape index (κ3) is 9.87. The summed E-state index contributed by atoms with van der Waals surface area (Å²) in [6, 6.07) is 117. The predicted molar refractivity (Wildman–Crippen MR) is 321 cm³/mol. The molecule has 0 heterocycles. The van der Waals surface area contributed by atoms with Crippen LogP contribution >= 0.6 is 0 Å². The van der Waals surface area contributed by atoms with Crippen LogP contribution in [0, 0.1) is 0 Å². The summed E-state index contributed by atoms with van der Waals surface area (Å²) in [5.74, 6) is 0. The van der Waals surface area contributed by atoms with Crippen LogP contribution in [0.4, 0.5) is 68.2 Å². The first-order chi connectivity index (χ1) is 37.7. The maximum atomic E-state index is 2.40. The summed E-state index contributed by atoms with van der Waals surface area (Å²) in [7, 11) is 0. The Kier molecular flexibility index (Phi) is 13.5. The van der Waals surface area contributed by atoms with Crippen LogP contribution in [0.25, 0.3) is 33.4 Å². The first kappa shape index (κ1) is 46.9. The first-order valence-electron chi connectivity index (χ1n) is 25.8. The highest BCUT2D eigenvalue weighted by atomic mass is 15.2. The molecule has 12 aromatic carbocycles. The van der Waals surface area contributed by atoms with Gasteiger partial charge in [0.2, 0.25) is 0 Å². The van der Waals surface area contributed by atoms with Gasteiger partial charge in [0.05, 0.1) is 11.4 Å². The van der Waals surface area contributed by atoms with Gasteiger partial charge in [0.1, 0.15) is 0 Å². The second-order valence-electron chi connectivity index (χ2n) is 18.6. The molecule has 0 radical (unpaired) electrons. The van der Waals surface area contributed by atoms with Crippen LogP contribution in [0.3, 0.4) is 0 Å². The lowest BCUT2D eigenvalue weighted by Crippen LogP contribution is -2.16. The van der Waals surface area contributed by atoms with Crippen molar-refractivity contribution in [3.8, 4) is 33.4 Å². The Morgan fingerprint density at radius 2 is 0.342 bits per heavy atom. The van der Waals surface area contributed by atoms with Gasteiger partial charge >= 0.3 is 0 Å². The van der Waals surface area contributed by atoms with Crippen LogP contribution in [-0.4, -0.2) is 0 Å². The maximum Gasteiger partial charge on any atom is 0.0561 e. The molecule has 4 nitrogen and oxygen atoms in total. The van der Waals surface area contributed by atoms with Gasteiger partial charge in [-0.2, -0.15) is 0 Å². The molecule has 0 amide bonds. The Labute approximate surface area is 446 Å². The lowest BCUT2D eigenvalue weighted by Gasteiger charge is -2.34. The van der Waals surface area contributed by atoms with Crippen LogP contribution < -0.4 is 19.6 Å². The van der Waals surface area contributed by atoms with Gasteiger partial charge in [-0.3, -0.25) is 0 Å². The van der Waals surface area contributed by atoms with E-state index >= 15 is 0 Å². The third-order valence-corrected chi connectivity index (χ3v) is 13.8. The molecular weight excluding hydrogens is 921 g/mol. The molecule has 0 spiro atoms. The average Bonchev–Trinajstić information content (AvgIpc) is 3.50. The molecule has 0 N–H and O–H groups in total. The monoisotopic (exact) mass is 974 g/mol. The molecule has 0 aliphatic carbocycles. The van der Waals surface area contributed by atoms with Crippen LogP contribution in [0.5, 0.6) is 0 Å². The molecule has 12 rings (SSSR count). The summed E-state index contributed by atoms with van der Waals surface area (Å²) < 4.78 is 0. The van der Waals surface area contributed by atoms with Crippen molar-refractivity contribution >= 4 is 68.2 Å². The van der Waals surface area contributed by atoms with E-state index in [1.807, 2.05) is 0 Å². The van der Waals surface area contributed by atoms with E-state index in [4.69, 9.17) is 0 Å². The van der Waals surface area contributed by atoms with Crippen molar-refractivity contribution in [2.45, 2.75) is 0 Å². The summed E-state index contributed by atoms with van der Waals surface area (Å²) in [5, 5.41) is 0. The summed E-state index contributed by atoms with van der Waals surface area (Å²) >= 11 is 0. The molecule has 362 valence electrons. The highest BCUT2D eigenvalue weighted by Crippen LogP contribution is 2.51. The van der Waals surface area contributed by atoms with E-state index in [1.54, 1.807) is 0 Å². The fourth-order valence-corrected chi connectivity index (χ4v) is 10.2. The van der Waals surface area contributed by atoms with E-state index in [2.05, 4.69) is 347 Å². The zero-order valence-corrected chi connectivity index (χ0v) is 42.0. The smallest absolute Gasteiger partial charge is 0.0561 e. The number of rotatable bonds is 15. The van der Waals surface area contributed by atoms with Crippen molar-refractivity contribution in [1.82, 2.24) is 0 Å². The predicted octanol–water partition coefficient (Wildman–Crippen LogP) is 20.6. The van der Waals surface area contributed by atoms with Crippen molar-refractivity contribution in [2.24, 2.45) is 0 Å². The van der Waals surface area contributed by atoms with Crippen LogP contribution in [0.2, 0.25) is 0 Å². The summed E-state index contributed by atoms with van der Waals surface area (Å²) in [6.45, 7) is 0. The lowest BCUT2D eigenvalue weighted by molar-refractivity contribution is 1.23. The number of hydrogen-bond donors (Lipinski definition) is 0. The molecular formula is C72H54N4. The molecule has 0 saturated heterocycles. The molecule has 0 fully saturated rings. The van der Waals surface area contributed by atoms with E-state index < -0.39 is 0 Å². The molecule has 0 aromatic heterocycles. The lowest BCUT2D eigenvalue weighted by atomic mass is 9.96. The van der Waals surface area contributed by atoms with Gasteiger partial charge in [0, 0.05) is 68.0 Å². The van der Waals surface area contributed by atoms with Crippen LogP contribution in [0.1, 0.15) is 0 Å². The Bertz CT molecular complexity index is 3430. The van der Waals surface area contributed by atoms with Crippen molar-refractivity contribution in [1.29, 1.82) is 0 Å². The Morgan fingerprint density at radius 1 is 0.145 bits per heavy atom. The minimum atomic E-state index is 1.02. The van der Waals surface area contributed by atoms with Gasteiger partial charge in [-0.1, -0.05) is 206 Å². The molecule has 0 bridgehead atoms. The number of nitrogens with zero attached hydrogens (tertiary/aromatic N) is 4. The molecule has 0 saturated carbocycles. The van der Waals surface area contributed by atoms with E-state index in [9.17, 15) is 0 Å². The molecule has 0 aliphatic rings. The summed E-state index contributed by atoms with van der Waals surface area (Å²) in [5.41, 5.74) is 19.3. The highest BCUT2D eigenvalue weighted by Gasteiger charge is 2.26. The van der Waals surface area contributed by atoms with Gasteiger partial charge in [-0.25, -0.2) is 0 Å². The Balaban J connectivity index is 1.11. The zero-order valence-electron chi connectivity index (χ0n) is 42.0. The van der Waals surface area contributed by atoms with Gasteiger partial charge in [-0.15, -0.1) is 0 Å². The van der Waals surface area contributed by atoms with Gasteiger partial charge in [0.25, 0.3) is 0 Å². The first-order valence-corrected chi connectivity index (χ1v) is 25.8. The number of para-hydroxylation sites is 6. The summed E-state index contributed by atoms with van der Waals surface area (Å²) in [4.78, 5) is 9.53. The fraction of sp³-hybridized carbons (Fsp3) is 0. The highest BCUT2D eigenvalue weighted by molar-refractivity contribution is 5.99.